The molecule has 0 bridgehead atoms. The van der Waals surface area contributed by atoms with E-state index in [4.69, 9.17) is 14.4 Å². The van der Waals surface area contributed by atoms with Gasteiger partial charge in [0.05, 0.1) is 6.04 Å². The first-order valence-corrected chi connectivity index (χ1v) is 24.1. The third-order valence-electron chi connectivity index (χ3n) is 14.1. The zero-order valence-electron chi connectivity index (χ0n) is 38.1. The highest BCUT2D eigenvalue weighted by Gasteiger charge is 2.32. The molecule has 0 amide bonds. The monoisotopic (exact) mass is 888 g/mol. The maximum atomic E-state index is 6.80. The number of benzene rings is 8. The number of para-hydroxylation sites is 1. The molecule has 2 aliphatic heterocycles. The topological polar surface area (TPSA) is 61.9 Å². The van der Waals surface area contributed by atoms with Crippen LogP contribution < -0.4 is 10.6 Å². The smallest absolute Gasteiger partial charge is 0.159 e. The largest absolute Gasteiger partial charge is 0.460 e. The lowest BCUT2D eigenvalue weighted by molar-refractivity contribution is 0.546. The van der Waals surface area contributed by atoms with Crippen LogP contribution in [0.2, 0.25) is 0 Å². The first kappa shape index (κ1) is 40.7. The summed E-state index contributed by atoms with van der Waals surface area (Å²) in [5.74, 6) is 2.59. The molecule has 0 radical (unpaired) electrons. The number of amidine groups is 2. The molecule has 8 aromatic carbocycles. The van der Waals surface area contributed by atoms with Crippen LogP contribution in [-0.2, 0) is 6.42 Å². The quantitative estimate of drug-likeness (QED) is 0.160. The standard InChI is InChI=1S/C64H48N4O/c1-4-17-41(18-5-1)47-24-15-27-50(38-47)63-66-62(67-64(68-63)51-28-16-25-48(39-51)42-19-6-2-7-20-42)45-35-33-43(34-36-45)46-23-14-26-49(37-46)58-59-52-29-10-12-31-55(52)65-61(44-21-8-3-9-22-44)54(59)40-57-60(58)53-30-11-13-32-56(53)69-57/h1-12,14-15,17-27,29-31,33-40,61,64-65H,13,16,28,32H2,(H,66,67,68). The number of fused-ring (bicyclic) bond motifs is 6. The minimum atomic E-state index is -0.268. The van der Waals surface area contributed by atoms with Gasteiger partial charge in [-0.2, -0.15) is 0 Å². The Kier molecular flexibility index (Phi) is 10.2. The lowest BCUT2D eigenvalue weighted by atomic mass is 9.79. The van der Waals surface area contributed by atoms with Gasteiger partial charge < -0.3 is 15.1 Å². The predicted molar refractivity (Wildman–Crippen MR) is 285 cm³/mol. The van der Waals surface area contributed by atoms with Crippen LogP contribution in [0, 0.1) is 0 Å². The molecule has 3 heterocycles. The summed E-state index contributed by atoms with van der Waals surface area (Å²) in [5.41, 5.74) is 20.8. The van der Waals surface area contributed by atoms with Gasteiger partial charge in [0.2, 0.25) is 0 Å². The van der Waals surface area contributed by atoms with E-state index < -0.39 is 0 Å². The summed E-state index contributed by atoms with van der Waals surface area (Å²) in [6.07, 6.45) is 12.7. The van der Waals surface area contributed by atoms with E-state index in [-0.39, 0.29) is 12.2 Å². The van der Waals surface area contributed by atoms with Crippen LogP contribution in [0.25, 0.3) is 67.1 Å². The van der Waals surface area contributed by atoms with Gasteiger partial charge in [-0.3, -0.25) is 0 Å². The summed E-state index contributed by atoms with van der Waals surface area (Å²) < 4.78 is 6.80. The van der Waals surface area contributed by atoms with Gasteiger partial charge in [0.25, 0.3) is 0 Å². The maximum Gasteiger partial charge on any atom is 0.159 e. The molecule has 9 aromatic rings. The highest BCUT2D eigenvalue weighted by molar-refractivity contribution is 6.14. The molecule has 0 fully saturated rings. The summed E-state index contributed by atoms with van der Waals surface area (Å²) in [7, 11) is 0. The van der Waals surface area contributed by atoms with E-state index in [1.165, 1.54) is 55.5 Å². The van der Waals surface area contributed by atoms with Crippen molar-refractivity contribution in [3.63, 3.8) is 0 Å². The number of hydrogen-bond acceptors (Lipinski definition) is 5. The molecule has 2 atom stereocenters. The molecule has 1 aromatic heterocycles. The fraction of sp³-hybridized carbons (Fsp3) is 0.0938. The van der Waals surface area contributed by atoms with Crippen LogP contribution in [-0.4, -0.2) is 17.8 Å². The molecule has 13 rings (SSSR count). The highest BCUT2D eigenvalue weighted by Crippen LogP contribution is 2.52. The summed E-state index contributed by atoms with van der Waals surface area (Å²) in [6.45, 7) is 0. The average Bonchev–Trinajstić information content (AvgIpc) is 3.81. The first-order valence-electron chi connectivity index (χ1n) is 24.1. The van der Waals surface area contributed by atoms with Crippen molar-refractivity contribution in [3.05, 3.63) is 257 Å². The second kappa shape index (κ2) is 17.3. The number of furan rings is 1. The second-order valence-corrected chi connectivity index (χ2v) is 18.4. The molecule has 2 unspecified atom stereocenters. The Morgan fingerprint density at radius 3 is 1.97 bits per heavy atom. The Balaban J connectivity index is 0.899. The van der Waals surface area contributed by atoms with Crippen molar-refractivity contribution in [2.75, 3.05) is 5.32 Å². The molecule has 0 spiro atoms. The average molecular weight is 889 g/mol. The van der Waals surface area contributed by atoms with Gasteiger partial charge in [0.15, 0.2) is 5.84 Å². The van der Waals surface area contributed by atoms with Crippen molar-refractivity contribution in [3.8, 4) is 44.5 Å². The molecule has 2 aliphatic carbocycles. The number of anilines is 1. The van der Waals surface area contributed by atoms with Gasteiger partial charge in [-0.1, -0.05) is 194 Å². The molecular formula is C64H48N4O. The molecule has 2 N–H and O–H groups in total. The fourth-order valence-corrected chi connectivity index (χ4v) is 10.7. The van der Waals surface area contributed by atoms with Gasteiger partial charge in [0.1, 0.15) is 23.3 Å². The minimum Gasteiger partial charge on any atom is -0.460 e. The summed E-state index contributed by atoms with van der Waals surface area (Å²) in [4.78, 5) is 10.6. The van der Waals surface area contributed by atoms with E-state index in [1.54, 1.807) is 0 Å². The van der Waals surface area contributed by atoms with Crippen LogP contribution in [0.4, 0.5) is 5.69 Å². The lowest BCUT2D eigenvalue weighted by Crippen LogP contribution is -2.40. The van der Waals surface area contributed by atoms with Gasteiger partial charge >= 0.3 is 0 Å². The van der Waals surface area contributed by atoms with Crippen molar-refractivity contribution in [1.82, 2.24) is 5.32 Å². The number of allylic oxidation sites excluding steroid dienone is 4. The molecule has 4 aliphatic rings. The fourth-order valence-electron chi connectivity index (χ4n) is 10.7. The molecule has 5 heteroatoms. The third-order valence-corrected chi connectivity index (χ3v) is 14.1. The minimum absolute atomic E-state index is 0.0429. The summed E-state index contributed by atoms with van der Waals surface area (Å²) in [5, 5.41) is 8.88. The van der Waals surface area contributed by atoms with Crippen molar-refractivity contribution in [1.29, 1.82) is 0 Å². The summed E-state index contributed by atoms with van der Waals surface area (Å²) in [6, 6.07) is 69.5. The van der Waals surface area contributed by atoms with Gasteiger partial charge in [-0.25, -0.2) is 9.98 Å². The van der Waals surface area contributed by atoms with Crippen LogP contribution in [0.1, 0.15) is 64.4 Å². The second-order valence-electron chi connectivity index (χ2n) is 18.4. The van der Waals surface area contributed by atoms with Crippen LogP contribution in [0.3, 0.4) is 0 Å². The number of aryl methyl sites for hydroxylation is 1. The Morgan fingerprint density at radius 1 is 0.522 bits per heavy atom. The van der Waals surface area contributed by atoms with Crippen molar-refractivity contribution < 1.29 is 4.42 Å². The number of rotatable bonds is 8. The van der Waals surface area contributed by atoms with E-state index in [9.17, 15) is 0 Å². The van der Waals surface area contributed by atoms with Crippen LogP contribution in [0.5, 0.6) is 0 Å². The first-order chi connectivity index (χ1) is 34.2. The van der Waals surface area contributed by atoms with Crippen molar-refractivity contribution in [2.45, 2.75) is 37.9 Å². The Bertz CT molecular complexity index is 3600. The lowest BCUT2D eigenvalue weighted by Gasteiger charge is -2.32. The number of nitrogens with zero attached hydrogens (tertiary/aromatic N) is 2. The molecular weight excluding hydrogens is 841 g/mol. The van der Waals surface area contributed by atoms with Crippen LogP contribution in [0.15, 0.2) is 232 Å². The Hall–Kier alpha value is -8.54. The third kappa shape index (κ3) is 7.53. The Labute approximate surface area is 402 Å². The molecule has 5 nitrogen and oxygen atoms in total. The highest BCUT2D eigenvalue weighted by atomic mass is 16.3. The molecule has 330 valence electrons. The normalized spacial score (nSPS) is 17.0. The van der Waals surface area contributed by atoms with E-state index in [0.29, 0.717) is 0 Å². The predicted octanol–water partition coefficient (Wildman–Crippen LogP) is 15.5. The molecule has 0 saturated heterocycles. The zero-order chi connectivity index (χ0) is 45.7. The van der Waals surface area contributed by atoms with E-state index >= 15 is 0 Å². The van der Waals surface area contributed by atoms with E-state index in [0.717, 1.165) is 93.3 Å². The SMILES string of the molecule is C1=Cc2c(oc3cc4c(c(-c5cccc(-c6ccc(C7=NC(c8cccc(-c9ccccc9)c8)=NC(C8=CC(c9ccccc9)=CCC8)N7)cc6)c5)c23)-c2ccccc2NC4c2ccccc2)CC1. The van der Waals surface area contributed by atoms with Gasteiger partial charge in [-0.15, -0.1) is 0 Å². The van der Waals surface area contributed by atoms with Crippen molar-refractivity contribution in [2.24, 2.45) is 9.98 Å². The number of aliphatic imine (C=N–C) groups is 2. The molecule has 69 heavy (non-hydrogen) atoms. The van der Waals surface area contributed by atoms with E-state index in [2.05, 4.69) is 229 Å². The number of nitrogens with one attached hydrogen (secondary N) is 2. The molecule has 0 saturated carbocycles. The maximum absolute atomic E-state index is 6.80. The summed E-state index contributed by atoms with van der Waals surface area (Å²) >= 11 is 0. The number of hydrogen-bond donors (Lipinski definition) is 2. The van der Waals surface area contributed by atoms with E-state index in [1.807, 2.05) is 0 Å². The van der Waals surface area contributed by atoms with Gasteiger partial charge in [-0.05, 0) is 105 Å². The van der Waals surface area contributed by atoms with Gasteiger partial charge in [0, 0.05) is 45.3 Å². The zero-order valence-corrected chi connectivity index (χ0v) is 38.1. The Morgan fingerprint density at radius 2 is 1.17 bits per heavy atom. The van der Waals surface area contributed by atoms with Crippen molar-refractivity contribution >= 4 is 40.0 Å². The van der Waals surface area contributed by atoms with Crippen LogP contribution >= 0.6 is 0 Å².